The smallest absolute Gasteiger partial charge is 0.307 e. The molecule has 1 unspecified atom stereocenters. The van der Waals surface area contributed by atoms with Crippen LogP contribution in [0.3, 0.4) is 0 Å². The SMILES string of the molecule is COC(=O)CCNC(=O)CN1CC(C)CN(C)c2ccccc21. The van der Waals surface area contributed by atoms with Gasteiger partial charge in [-0.15, -0.1) is 0 Å². The fourth-order valence-electron chi connectivity index (χ4n) is 2.94. The Balaban J connectivity index is 2.01. The van der Waals surface area contributed by atoms with Gasteiger partial charge in [-0.2, -0.15) is 0 Å². The summed E-state index contributed by atoms with van der Waals surface area (Å²) in [6, 6.07) is 8.13. The first-order chi connectivity index (χ1) is 11.0. The van der Waals surface area contributed by atoms with Crippen LogP contribution in [0.25, 0.3) is 0 Å². The standard InChI is InChI=1S/C17H25N3O3/c1-13-10-19(2)14-6-4-5-7-15(14)20(11-13)12-16(21)18-9-8-17(22)23-3/h4-7,13H,8-12H2,1-3H3,(H,18,21). The van der Waals surface area contributed by atoms with Crippen molar-refractivity contribution >= 4 is 23.3 Å². The molecule has 1 aliphatic heterocycles. The highest BCUT2D eigenvalue weighted by Crippen LogP contribution is 2.32. The molecule has 2 rings (SSSR count). The highest BCUT2D eigenvalue weighted by Gasteiger charge is 2.23. The highest BCUT2D eigenvalue weighted by molar-refractivity contribution is 5.84. The molecule has 1 aromatic carbocycles. The summed E-state index contributed by atoms with van der Waals surface area (Å²) in [4.78, 5) is 27.6. The zero-order chi connectivity index (χ0) is 16.8. The number of fused-ring (bicyclic) bond motifs is 1. The molecule has 6 heteroatoms. The van der Waals surface area contributed by atoms with E-state index in [-0.39, 0.29) is 24.8 Å². The highest BCUT2D eigenvalue weighted by atomic mass is 16.5. The Morgan fingerprint density at radius 1 is 1.26 bits per heavy atom. The predicted octanol–water partition coefficient (Wildman–Crippen LogP) is 1.26. The van der Waals surface area contributed by atoms with Gasteiger partial charge in [-0.3, -0.25) is 9.59 Å². The number of nitrogens with one attached hydrogen (secondary N) is 1. The van der Waals surface area contributed by atoms with Crippen molar-refractivity contribution in [3.05, 3.63) is 24.3 Å². The lowest BCUT2D eigenvalue weighted by atomic mass is 10.1. The number of esters is 1. The quantitative estimate of drug-likeness (QED) is 0.828. The van der Waals surface area contributed by atoms with Crippen LogP contribution in [0.5, 0.6) is 0 Å². The van der Waals surface area contributed by atoms with Crippen molar-refractivity contribution in [3.63, 3.8) is 0 Å². The number of carbonyl (C=O) groups is 2. The summed E-state index contributed by atoms with van der Waals surface area (Å²) >= 11 is 0. The number of nitrogens with zero attached hydrogens (tertiary/aromatic N) is 2. The Morgan fingerprint density at radius 3 is 2.65 bits per heavy atom. The molecule has 0 saturated heterocycles. The van der Waals surface area contributed by atoms with E-state index >= 15 is 0 Å². The molecule has 23 heavy (non-hydrogen) atoms. The lowest BCUT2D eigenvalue weighted by Gasteiger charge is -2.25. The molecule has 0 aliphatic carbocycles. The molecule has 0 aromatic heterocycles. The van der Waals surface area contributed by atoms with Gasteiger partial charge in [0.15, 0.2) is 0 Å². The molecule has 1 aliphatic rings. The number of carbonyl (C=O) groups excluding carboxylic acids is 2. The Morgan fingerprint density at radius 2 is 1.96 bits per heavy atom. The summed E-state index contributed by atoms with van der Waals surface area (Å²) in [6.07, 6.45) is 0.192. The topological polar surface area (TPSA) is 61.9 Å². The number of ether oxygens (including phenoxy) is 1. The molecule has 1 N–H and O–H groups in total. The van der Waals surface area contributed by atoms with Crippen LogP contribution in [0, 0.1) is 5.92 Å². The fourth-order valence-corrected chi connectivity index (χ4v) is 2.94. The monoisotopic (exact) mass is 319 g/mol. The summed E-state index contributed by atoms with van der Waals surface area (Å²) in [6.45, 7) is 4.56. The summed E-state index contributed by atoms with van der Waals surface area (Å²) < 4.78 is 4.56. The molecular formula is C17H25N3O3. The van der Waals surface area contributed by atoms with Gasteiger partial charge in [0.2, 0.25) is 5.91 Å². The third-order valence-electron chi connectivity index (χ3n) is 3.96. The molecular weight excluding hydrogens is 294 g/mol. The van der Waals surface area contributed by atoms with Crippen LogP contribution >= 0.6 is 0 Å². The molecule has 1 amide bonds. The van der Waals surface area contributed by atoms with E-state index in [9.17, 15) is 9.59 Å². The molecule has 126 valence electrons. The molecule has 6 nitrogen and oxygen atoms in total. The number of methoxy groups -OCH3 is 1. The minimum atomic E-state index is -0.319. The van der Waals surface area contributed by atoms with Gasteiger partial charge in [-0.25, -0.2) is 0 Å². The van der Waals surface area contributed by atoms with Gasteiger partial charge in [-0.1, -0.05) is 19.1 Å². The number of hydrogen-bond donors (Lipinski definition) is 1. The summed E-state index contributed by atoms with van der Waals surface area (Å²) in [5.41, 5.74) is 2.21. The summed E-state index contributed by atoms with van der Waals surface area (Å²) in [5.74, 6) is 0.0522. The number of para-hydroxylation sites is 2. The van der Waals surface area contributed by atoms with E-state index in [1.807, 2.05) is 18.2 Å². The summed E-state index contributed by atoms with van der Waals surface area (Å²) in [7, 11) is 3.42. The average molecular weight is 319 g/mol. The second kappa shape index (κ2) is 7.85. The van der Waals surface area contributed by atoms with Gasteiger partial charge in [0.25, 0.3) is 0 Å². The van der Waals surface area contributed by atoms with Crippen LogP contribution in [0.15, 0.2) is 24.3 Å². The second-order valence-electron chi connectivity index (χ2n) is 6.03. The van der Waals surface area contributed by atoms with E-state index in [1.54, 1.807) is 0 Å². The maximum absolute atomic E-state index is 12.2. The first-order valence-corrected chi connectivity index (χ1v) is 7.90. The lowest BCUT2D eigenvalue weighted by molar-refractivity contribution is -0.140. The Labute approximate surface area is 137 Å². The molecule has 0 radical (unpaired) electrons. The third-order valence-corrected chi connectivity index (χ3v) is 3.96. The third kappa shape index (κ3) is 4.61. The molecule has 0 spiro atoms. The van der Waals surface area contributed by atoms with Crippen LogP contribution in [-0.2, 0) is 14.3 Å². The molecule has 0 fully saturated rings. The minimum absolute atomic E-state index is 0.0829. The van der Waals surface area contributed by atoms with Gasteiger partial charge in [0.1, 0.15) is 0 Å². The van der Waals surface area contributed by atoms with Crippen molar-refractivity contribution < 1.29 is 14.3 Å². The van der Waals surface area contributed by atoms with E-state index in [2.05, 4.69) is 39.9 Å². The van der Waals surface area contributed by atoms with E-state index in [0.29, 0.717) is 12.5 Å². The Kier molecular flexibility index (Phi) is 5.84. The van der Waals surface area contributed by atoms with Crippen LogP contribution in [-0.4, -0.2) is 52.2 Å². The molecule has 1 aromatic rings. The molecule has 1 atom stereocenters. The molecule has 0 bridgehead atoms. The normalized spacial score (nSPS) is 17.3. The number of benzene rings is 1. The van der Waals surface area contributed by atoms with Crippen LogP contribution in [0.1, 0.15) is 13.3 Å². The average Bonchev–Trinajstić information content (AvgIpc) is 2.64. The Hall–Kier alpha value is -2.24. The van der Waals surface area contributed by atoms with Gasteiger partial charge < -0.3 is 19.9 Å². The van der Waals surface area contributed by atoms with Crippen LogP contribution < -0.4 is 15.1 Å². The van der Waals surface area contributed by atoms with E-state index < -0.39 is 0 Å². The van der Waals surface area contributed by atoms with Gasteiger partial charge in [0, 0.05) is 26.7 Å². The van der Waals surface area contributed by atoms with E-state index in [0.717, 1.165) is 24.5 Å². The van der Waals surface area contributed by atoms with Crippen LogP contribution in [0.4, 0.5) is 11.4 Å². The van der Waals surface area contributed by atoms with Crippen molar-refractivity contribution in [2.24, 2.45) is 5.92 Å². The maximum atomic E-state index is 12.2. The molecule has 0 saturated carbocycles. The van der Waals surface area contributed by atoms with Crippen molar-refractivity contribution in [2.75, 3.05) is 50.1 Å². The van der Waals surface area contributed by atoms with Gasteiger partial charge >= 0.3 is 5.97 Å². The van der Waals surface area contributed by atoms with Gasteiger partial charge in [-0.05, 0) is 18.1 Å². The maximum Gasteiger partial charge on any atom is 0.307 e. The van der Waals surface area contributed by atoms with E-state index in [1.165, 1.54) is 7.11 Å². The number of hydrogen-bond acceptors (Lipinski definition) is 5. The zero-order valence-corrected chi connectivity index (χ0v) is 14.0. The minimum Gasteiger partial charge on any atom is -0.469 e. The number of amides is 1. The van der Waals surface area contributed by atoms with Crippen molar-refractivity contribution in [2.45, 2.75) is 13.3 Å². The Bertz CT molecular complexity index is 562. The summed E-state index contributed by atoms with van der Waals surface area (Å²) in [5, 5.41) is 2.78. The van der Waals surface area contributed by atoms with Gasteiger partial charge in [0.05, 0.1) is 31.5 Å². The van der Waals surface area contributed by atoms with Crippen molar-refractivity contribution in [1.29, 1.82) is 0 Å². The van der Waals surface area contributed by atoms with Crippen molar-refractivity contribution in [3.8, 4) is 0 Å². The number of rotatable bonds is 5. The molecule has 1 heterocycles. The largest absolute Gasteiger partial charge is 0.469 e. The van der Waals surface area contributed by atoms with E-state index in [4.69, 9.17) is 0 Å². The van der Waals surface area contributed by atoms with Crippen molar-refractivity contribution in [1.82, 2.24) is 5.32 Å². The second-order valence-corrected chi connectivity index (χ2v) is 6.03. The zero-order valence-electron chi connectivity index (χ0n) is 14.0. The number of anilines is 2. The lowest BCUT2D eigenvalue weighted by Crippen LogP contribution is -2.40. The first kappa shape index (κ1) is 17.1. The predicted molar refractivity (Wildman–Crippen MR) is 90.7 cm³/mol. The van der Waals surface area contributed by atoms with Crippen LogP contribution in [0.2, 0.25) is 0 Å². The first-order valence-electron chi connectivity index (χ1n) is 7.90. The fraction of sp³-hybridized carbons (Fsp3) is 0.529.